The van der Waals surface area contributed by atoms with Gasteiger partial charge >= 0.3 is 0 Å². The van der Waals surface area contributed by atoms with E-state index in [4.69, 9.17) is 16.3 Å². The summed E-state index contributed by atoms with van der Waals surface area (Å²) in [6.07, 6.45) is 3.67. The Labute approximate surface area is 125 Å². The minimum Gasteiger partial charge on any atom is -0.376 e. The number of hydrogen-bond donors (Lipinski definition) is 3. The molecule has 0 aromatic carbocycles. The second kappa shape index (κ2) is 6.23. The Bertz CT molecular complexity index is 640. The predicted molar refractivity (Wildman–Crippen MR) is 77.2 cm³/mol. The molecule has 2 aromatic rings. The largest absolute Gasteiger partial charge is 0.376 e. The molecule has 3 N–H and O–H groups in total. The van der Waals surface area contributed by atoms with Gasteiger partial charge in [-0.1, -0.05) is 0 Å². The van der Waals surface area contributed by atoms with Crippen LogP contribution in [0.5, 0.6) is 0 Å². The summed E-state index contributed by atoms with van der Waals surface area (Å²) in [7, 11) is 0. The highest BCUT2D eigenvalue weighted by Gasteiger charge is 2.16. The van der Waals surface area contributed by atoms with Crippen LogP contribution in [0.3, 0.4) is 0 Å². The Kier molecular flexibility index (Phi) is 4.16. The van der Waals surface area contributed by atoms with E-state index in [1.54, 1.807) is 0 Å². The SMILES string of the molecule is O=C(CNc1nc(Cl)nc2nc[nH]c12)NC[C@H]1CCCO1. The van der Waals surface area contributed by atoms with E-state index in [0.717, 1.165) is 19.4 Å². The van der Waals surface area contributed by atoms with Crippen molar-refractivity contribution >= 4 is 34.5 Å². The summed E-state index contributed by atoms with van der Waals surface area (Å²) >= 11 is 5.81. The molecule has 0 bridgehead atoms. The van der Waals surface area contributed by atoms with Crippen molar-refractivity contribution in [3.8, 4) is 0 Å². The van der Waals surface area contributed by atoms with Crippen molar-refractivity contribution in [2.45, 2.75) is 18.9 Å². The van der Waals surface area contributed by atoms with Crippen molar-refractivity contribution in [1.29, 1.82) is 0 Å². The number of nitrogens with one attached hydrogen (secondary N) is 3. The number of H-pyrrole nitrogens is 1. The number of imidazole rings is 1. The molecule has 9 heteroatoms. The number of ether oxygens (including phenoxy) is 1. The molecular formula is C12H15ClN6O2. The highest BCUT2D eigenvalue weighted by Crippen LogP contribution is 2.18. The summed E-state index contributed by atoms with van der Waals surface area (Å²) in [5, 5.41) is 5.83. The number of halogens is 1. The molecule has 0 unspecified atom stereocenters. The quantitative estimate of drug-likeness (QED) is 0.703. The van der Waals surface area contributed by atoms with Gasteiger partial charge in [0.1, 0.15) is 5.52 Å². The number of hydrogen-bond acceptors (Lipinski definition) is 6. The Hall–Kier alpha value is -1.93. The second-order valence-electron chi connectivity index (χ2n) is 4.74. The van der Waals surface area contributed by atoms with Gasteiger partial charge in [-0.2, -0.15) is 9.97 Å². The molecule has 0 saturated carbocycles. The smallest absolute Gasteiger partial charge is 0.239 e. The van der Waals surface area contributed by atoms with Gasteiger partial charge in [-0.25, -0.2) is 4.98 Å². The van der Waals surface area contributed by atoms with Gasteiger partial charge in [-0.3, -0.25) is 4.79 Å². The first-order valence-electron chi connectivity index (χ1n) is 6.71. The normalized spacial score (nSPS) is 18.0. The number of anilines is 1. The van der Waals surface area contributed by atoms with Crippen molar-refractivity contribution in [2.75, 3.05) is 25.0 Å². The first kappa shape index (κ1) is 14.0. The summed E-state index contributed by atoms with van der Waals surface area (Å²) in [6, 6.07) is 0. The summed E-state index contributed by atoms with van der Waals surface area (Å²) in [5.41, 5.74) is 1.07. The van der Waals surface area contributed by atoms with E-state index in [0.29, 0.717) is 23.5 Å². The zero-order valence-electron chi connectivity index (χ0n) is 11.2. The number of aromatic nitrogens is 4. The molecule has 3 heterocycles. The number of rotatable bonds is 5. The molecule has 1 atom stereocenters. The molecule has 21 heavy (non-hydrogen) atoms. The Morgan fingerprint density at radius 2 is 2.43 bits per heavy atom. The Morgan fingerprint density at radius 1 is 1.52 bits per heavy atom. The lowest BCUT2D eigenvalue weighted by Gasteiger charge is -2.11. The number of aromatic amines is 1. The van der Waals surface area contributed by atoms with Gasteiger partial charge in [0.2, 0.25) is 11.2 Å². The number of carbonyl (C=O) groups excluding carboxylic acids is 1. The number of fused-ring (bicyclic) bond motifs is 1. The van der Waals surface area contributed by atoms with Crippen LogP contribution in [-0.2, 0) is 9.53 Å². The third kappa shape index (κ3) is 3.40. The molecule has 1 aliphatic heterocycles. The van der Waals surface area contributed by atoms with Gasteiger partial charge in [-0.05, 0) is 24.4 Å². The molecule has 0 aliphatic carbocycles. The highest BCUT2D eigenvalue weighted by atomic mass is 35.5. The first-order chi connectivity index (χ1) is 10.2. The highest BCUT2D eigenvalue weighted by molar-refractivity contribution is 6.28. The lowest BCUT2D eigenvalue weighted by Crippen LogP contribution is -2.35. The molecule has 3 rings (SSSR count). The minimum absolute atomic E-state index is 0.0804. The van der Waals surface area contributed by atoms with Crippen molar-refractivity contribution in [2.24, 2.45) is 0 Å². The molecule has 0 spiro atoms. The molecule has 8 nitrogen and oxygen atoms in total. The summed E-state index contributed by atoms with van der Waals surface area (Å²) in [4.78, 5) is 26.7. The molecule has 2 aromatic heterocycles. The third-order valence-electron chi connectivity index (χ3n) is 3.23. The van der Waals surface area contributed by atoms with Gasteiger partial charge < -0.3 is 20.4 Å². The maximum absolute atomic E-state index is 11.8. The van der Waals surface area contributed by atoms with Crippen molar-refractivity contribution < 1.29 is 9.53 Å². The molecule has 1 amide bonds. The standard InChI is InChI=1S/C12H15ClN6O2/c13-12-18-10(9-11(19-12)17-6-16-9)15-5-8(20)14-4-7-2-1-3-21-7/h6-7H,1-5H2,(H,14,20)(H2,15,16,17,18,19)/t7-/m1/s1. The third-order valence-corrected chi connectivity index (χ3v) is 3.39. The van der Waals surface area contributed by atoms with Crippen LogP contribution < -0.4 is 10.6 Å². The Morgan fingerprint density at radius 3 is 3.24 bits per heavy atom. The van der Waals surface area contributed by atoms with Crippen molar-refractivity contribution in [1.82, 2.24) is 25.3 Å². The fourth-order valence-electron chi connectivity index (χ4n) is 2.19. The summed E-state index contributed by atoms with van der Waals surface area (Å²) in [5.74, 6) is 0.322. The molecular weight excluding hydrogens is 296 g/mol. The van der Waals surface area contributed by atoms with Gasteiger partial charge in [0.15, 0.2) is 11.5 Å². The maximum atomic E-state index is 11.8. The van der Waals surface area contributed by atoms with E-state index in [1.165, 1.54) is 6.33 Å². The van der Waals surface area contributed by atoms with Gasteiger partial charge in [0.25, 0.3) is 0 Å². The van der Waals surface area contributed by atoms with Gasteiger partial charge in [0, 0.05) is 13.2 Å². The van der Waals surface area contributed by atoms with Gasteiger partial charge in [-0.15, -0.1) is 0 Å². The van der Waals surface area contributed by atoms with Crippen LogP contribution >= 0.6 is 11.6 Å². The van der Waals surface area contributed by atoms with Crippen molar-refractivity contribution in [3.63, 3.8) is 0 Å². The minimum atomic E-state index is -0.132. The van der Waals surface area contributed by atoms with Crippen LogP contribution in [0.1, 0.15) is 12.8 Å². The zero-order chi connectivity index (χ0) is 14.7. The average Bonchev–Trinajstić information content (AvgIpc) is 3.13. The van der Waals surface area contributed by atoms with Crippen molar-refractivity contribution in [3.05, 3.63) is 11.6 Å². The summed E-state index contributed by atoms with van der Waals surface area (Å²) < 4.78 is 5.44. The van der Waals surface area contributed by atoms with E-state index >= 15 is 0 Å². The van der Waals surface area contributed by atoms with Crippen LogP contribution in [-0.4, -0.2) is 51.6 Å². The van der Waals surface area contributed by atoms with E-state index < -0.39 is 0 Å². The van der Waals surface area contributed by atoms with Crippen LogP contribution in [0.4, 0.5) is 5.82 Å². The number of carbonyl (C=O) groups is 1. The number of amides is 1. The van der Waals surface area contributed by atoms with E-state index in [9.17, 15) is 4.79 Å². The molecule has 0 radical (unpaired) electrons. The first-order valence-corrected chi connectivity index (χ1v) is 7.09. The fraction of sp³-hybridized carbons (Fsp3) is 0.500. The van der Waals surface area contributed by atoms with Crippen LogP contribution in [0.15, 0.2) is 6.33 Å². The Balaban J connectivity index is 1.55. The van der Waals surface area contributed by atoms with E-state index in [2.05, 4.69) is 30.6 Å². The maximum Gasteiger partial charge on any atom is 0.239 e. The molecule has 1 fully saturated rings. The monoisotopic (exact) mass is 310 g/mol. The van der Waals surface area contributed by atoms with Gasteiger partial charge in [0.05, 0.1) is 19.0 Å². The number of nitrogens with zero attached hydrogens (tertiary/aromatic N) is 3. The van der Waals surface area contributed by atoms with Crippen LogP contribution in [0.25, 0.3) is 11.2 Å². The topological polar surface area (TPSA) is 105 Å². The van der Waals surface area contributed by atoms with E-state index in [1.807, 2.05) is 0 Å². The molecule has 112 valence electrons. The second-order valence-corrected chi connectivity index (χ2v) is 5.07. The molecule has 1 saturated heterocycles. The fourth-order valence-corrected chi connectivity index (χ4v) is 2.36. The van der Waals surface area contributed by atoms with E-state index in [-0.39, 0.29) is 23.8 Å². The summed E-state index contributed by atoms with van der Waals surface area (Å²) in [6.45, 7) is 1.40. The molecule has 1 aliphatic rings. The van der Waals surface area contributed by atoms with Crippen LogP contribution in [0, 0.1) is 0 Å². The lowest BCUT2D eigenvalue weighted by atomic mass is 10.2. The lowest BCUT2D eigenvalue weighted by molar-refractivity contribution is -0.119. The zero-order valence-corrected chi connectivity index (χ0v) is 12.0. The average molecular weight is 311 g/mol. The predicted octanol–water partition coefficient (Wildman–Crippen LogP) is 0.713. The van der Waals surface area contributed by atoms with Crippen LogP contribution in [0.2, 0.25) is 5.28 Å².